The van der Waals surface area contributed by atoms with Crippen LogP contribution in [0.5, 0.6) is 5.75 Å². The molecule has 0 bridgehead atoms. The predicted molar refractivity (Wildman–Crippen MR) is 69.9 cm³/mol. The molecule has 0 unspecified atom stereocenters. The van der Waals surface area contributed by atoms with E-state index in [1.54, 1.807) is 31.5 Å². The number of carbonyl (C=O) groups is 1. The third-order valence-corrected chi connectivity index (χ3v) is 2.49. The number of aryl methyl sites for hydroxylation is 1. The SMILES string of the molecule is COc1cccc(NC(=O)c2ccnc(C)c2)c1. The molecule has 2 rings (SSSR count). The summed E-state index contributed by atoms with van der Waals surface area (Å²) < 4.78 is 5.10. The quantitative estimate of drug-likeness (QED) is 0.900. The van der Waals surface area contributed by atoms with Gasteiger partial charge in [0, 0.05) is 29.2 Å². The van der Waals surface area contributed by atoms with Crippen molar-refractivity contribution >= 4 is 11.6 Å². The average molecular weight is 242 g/mol. The van der Waals surface area contributed by atoms with E-state index >= 15 is 0 Å². The number of amides is 1. The van der Waals surface area contributed by atoms with Crippen LogP contribution < -0.4 is 10.1 Å². The molecule has 1 amide bonds. The van der Waals surface area contributed by atoms with Gasteiger partial charge in [0.2, 0.25) is 0 Å². The maximum absolute atomic E-state index is 12.0. The highest BCUT2D eigenvalue weighted by Crippen LogP contribution is 2.17. The number of hydrogen-bond acceptors (Lipinski definition) is 3. The Kier molecular flexibility index (Phi) is 3.57. The number of ether oxygens (including phenoxy) is 1. The lowest BCUT2D eigenvalue weighted by Gasteiger charge is -2.07. The van der Waals surface area contributed by atoms with E-state index in [1.165, 1.54) is 0 Å². The summed E-state index contributed by atoms with van der Waals surface area (Å²) in [5.41, 5.74) is 2.10. The van der Waals surface area contributed by atoms with Crippen LogP contribution in [-0.2, 0) is 0 Å². The zero-order valence-corrected chi connectivity index (χ0v) is 10.3. The number of nitrogens with one attached hydrogen (secondary N) is 1. The Morgan fingerprint density at radius 3 is 2.83 bits per heavy atom. The van der Waals surface area contributed by atoms with Gasteiger partial charge in [-0.1, -0.05) is 6.07 Å². The number of rotatable bonds is 3. The van der Waals surface area contributed by atoms with Crippen LogP contribution in [-0.4, -0.2) is 18.0 Å². The third-order valence-electron chi connectivity index (χ3n) is 2.49. The highest BCUT2D eigenvalue weighted by Gasteiger charge is 2.06. The molecule has 92 valence electrons. The molecule has 0 aliphatic rings. The normalized spacial score (nSPS) is 9.89. The second-order valence-corrected chi connectivity index (χ2v) is 3.87. The van der Waals surface area contributed by atoms with E-state index in [9.17, 15) is 4.79 Å². The topological polar surface area (TPSA) is 51.2 Å². The monoisotopic (exact) mass is 242 g/mol. The summed E-state index contributed by atoms with van der Waals surface area (Å²) >= 11 is 0. The van der Waals surface area contributed by atoms with Crippen molar-refractivity contribution in [3.8, 4) is 5.75 Å². The molecule has 2 aromatic rings. The van der Waals surface area contributed by atoms with Crippen molar-refractivity contribution in [3.63, 3.8) is 0 Å². The molecule has 0 saturated carbocycles. The molecule has 0 aliphatic heterocycles. The Morgan fingerprint density at radius 1 is 1.28 bits per heavy atom. The summed E-state index contributed by atoms with van der Waals surface area (Å²) in [5.74, 6) is 0.549. The molecule has 0 spiro atoms. The molecule has 0 fully saturated rings. The predicted octanol–water partition coefficient (Wildman–Crippen LogP) is 2.65. The number of anilines is 1. The second-order valence-electron chi connectivity index (χ2n) is 3.87. The van der Waals surface area contributed by atoms with Crippen molar-refractivity contribution in [2.24, 2.45) is 0 Å². The first-order valence-electron chi connectivity index (χ1n) is 5.57. The number of benzene rings is 1. The molecule has 1 heterocycles. The third kappa shape index (κ3) is 2.85. The van der Waals surface area contributed by atoms with E-state index in [2.05, 4.69) is 10.3 Å². The summed E-state index contributed by atoms with van der Waals surface area (Å²) in [6.45, 7) is 1.85. The summed E-state index contributed by atoms with van der Waals surface area (Å²) in [6, 6.07) is 10.7. The largest absolute Gasteiger partial charge is 0.497 e. The van der Waals surface area contributed by atoms with Crippen LogP contribution in [0.25, 0.3) is 0 Å². The van der Waals surface area contributed by atoms with Crippen molar-refractivity contribution in [1.29, 1.82) is 0 Å². The standard InChI is InChI=1S/C14H14N2O2/c1-10-8-11(6-7-15-10)14(17)16-12-4-3-5-13(9-12)18-2/h3-9H,1-2H3,(H,16,17). The zero-order chi connectivity index (χ0) is 13.0. The van der Waals surface area contributed by atoms with Crippen molar-refractivity contribution < 1.29 is 9.53 Å². The van der Waals surface area contributed by atoms with Gasteiger partial charge in [0.05, 0.1) is 7.11 Å². The lowest BCUT2D eigenvalue weighted by atomic mass is 10.2. The highest BCUT2D eigenvalue weighted by molar-refractivity contribution is 6.04. The molecule has 4 heteroatoms. The molecule has 18 heavy (non-hydrogen) atoms. The molecule has 4 nitrogen and oxygen atoms in total. The molecule has 0 atom stereocenters. The van der Waals surface area contributed by atoms with E-state index in [-0.39, 0.29) is 5.91 Å². The maximum Gasteiger partial charge on any atom is 0.255 e. The van der Waals surface area contributed by atoms with Gasteiger partial charge < -0.3 is 10.1 Å². The Bertz CT molecular complexity index is 567. The highest BCUT2D eigenvalue weighted by atomic mass is 16.5. The van der Waals surface area contributed by atoms with Gasteiger partial charge in [0.1, 0.15) is 5.75 Å². The van der Waals surface area contributed by atoms with Crippen molar-refractivity contribution in [2.45, 2.75) is 6.92 Å². The van der Waals surface area contributed by atoms with Crippen LogP contribution in [0.15, 0.2) is 42.6 Å². The van der Waals surface area contributed by atoms with Gasteiger partial charge >= 0.3 is 0 Å². The van der Waals surface area contributed by atoms with Crippen molar-refractivity contribution in [3.05, 3.63) is 53.9 Å². The van der Waals surface area contributed by atoms with Gasteiger partial charge in [-0.2, -0.15) is 0 Å². The zero-order valence-electron chi connectivity index (χ0n) is 10.3. The second kappa shape index (κ2) is 5.31. The van der Waals surface area contributed by atoms with Gasteiger partial charge in [-0.15, -0.1) is 0 Å². The fraction of sp³-hybridized carbons (Fsp3) is 0.143. The number of hydrogen-bond donors (Lipinski definition) is 1. The molecule has 1 aromatic carbocycles. The molecular weight excluding hydrogens is 228 g/mol. The lowest BCUT2D eigenvalue weighted by Crippen LogP contribution is -2.12. The minimum absolute atomic E-state index is 0.159. The molecule has 0 radical (unpaired) electrons. The van der Waals surface area contributed by atoms with Gasteiger partial charge in [-0.25, -0.2) is 0 Å². The lowest BCUT2D eigenvalue weighted by molar-refractivity contribution is 0.102. The number of nitrogens with zero attached hydrogens (tertiary/aromatic N) is 1. The van der Waals surface area contributed by atoms with Crippen LogP contribution in [0.3, 0.4) is 0 Å². The maximum atomic E-state index is 12.0. The van der Waals surface area contributed by atoms with Crippen LogP contribution in [0.1, 0.15) is 16.1 Å². The minimum Gasteiger partial charge on any atom is -0.497 e. The van der Waals surface area contributed by atoms with Gasteiger partial charge in [0.25, 0.3) is 5.91 Å². The summed E-state index contributed by atoms with van der Waals surface area (Å²) in [7, 11) is 1.59. The Morgan fingerprint density at radius 2 is 2.11 bits per heavy atom. The van der Waals surface area contributed by atoms with E-state index in [0.29, 0.717) is 17.0 Å². The summed E-state index contributed by atoms with van der Waals surface area (Å²) in [4.78, 5) is 16.0. The Balaban J connectivity index is 2.16. The van der Waals surface area contributed by atoms with E-state index in [0.717, 1.165) is 5.69 Å². The molecular formula is C14H14N2O2. The average Bonchev–Trinajstić information content (AvgIpc) is 2.39. The summed E-state index contributed by atoms with van der Waals surface area (Å²) in [6.07, 6.45) is 1.62. The smallest absolute Gasteiger partial charge is 0.255 e. The van der Waals surface area contributed by atoms with Gasteiger partial charge in [-0.05, 0) is 31.2 Å². The number of pyridine rings is 1. The number of aromatic nitrogens is 1. The van der Waals surface area contributed by atoms with Crippen molar-refractivity contribution in [1.82, 2.24) is 4.98 Å². The Labute approximate surface area is 106 Å². The number of methoxy groups -OCH3 is 1. The first-order chi connectivity index (χ1) is 8.69. The van der Waals surface area contributed by atoms with Crippen LogP contribution in [0, 0.1) is 6.92 Å². The molecule has 0 aliphatic carbocycles. The van der Waals surface area contributed by atoms with Crippen LogP contribution in [0.4, 0.5) is 5.69 Å². The molecule has 0 saturated heterocycles. The first kappa shape index (κ1) is 12.1. The van der Waals surface area contributed by atoms with Gasteiger partial charge in [0.15, 0.2) is 0 Å². The number of carbonyl (C=O) groups excluding carboxylic acids is 1. The molecule has 1 aromatic heterocycles. The van der Waals surface area contributed by atoms with Gasteiger partial charge in [-0.3, -0.25) is 9.78 Å². The fourth-order valence-electron chi connectivity index (χ4n) is 1.59. The van der Waals surface area contributed by atoms with Crippen LogP contribution in [0.2, 0.25) is 0 Å². The Hall–Kier alpha value is -2.36. The van der Waals surface area contributed by atoms with E-state index in [1.807, 2.05) is 25.1 Å². The fourth-order valence-corrected chi connectivity index (χ4v) is 1.59. The van der Waals surface area contributed by atoms with Crippen LogP contribution >= 0.6 is 0 Å². The van der Waals surface area contributed by atoms with E-state index in [4.69, 9.17) is 4.74 Å². The van der Waals surface area contributed by atoms with Crippen molar-refractivity contribution in [2.75, 3.05) is 12.4 Å². The van der Waals surface area contributed by atoms with E-state index < -0.39 is 0 Å². The molecule has 1 N–H and O–H groups in total. The minimum atomic E-state index is -0.159. The first-order valence-corrected chi connectivity index (χ1v) is 5.57. The summed E-state index contributed by atoms with van der Waals surface area (Å²) in [5, 5.41) is 2.81.